The van der Waals surface area contributed by atoms with Crippen LogP contribution in [0.4, 0.5) is 0 Å². The maximum atomic E-state index is 5.39. The lowest BCUT2D eigenvalue weighted by Gasteiger charge is -2.30. The van der Waals surface area contributed by atoms with E-state index in [4.69, 9.17) is 14.2 Å². The molecule has 1 aliphatic rings. The lowest BCUT2D eigenvalue weighted by molar-refractivity contribution is -0.315. The number of hydrogen-bond donors (Lipinski definition) is 0. The lowest BCUT2D eigenvalue weighted by Crippen LogP contribution is -2.33. The fraction of sp³-hybridized carbons (Fsp3) is 1.00. The molecule has 13 heavy (non-hydrogen) atoms. The SMILES string of the molecule is CCC(CC(C)C)C1OCOCO1. The predicted molar refractivity (Wildman–Crippen MR) is 50.0 cm³/mol. The molecule has 0 aromatic carbocycles. The largest absolute Gasteiger partial charge is 0.329 e. The van der Waals surface area contributed by atoms with Crippen molar-refractivity contribution in [1.29, 1.82) is 0 Å². The van der Waals surface area contributed by atoms with Crippen molar-refractivity contribution in [1.82, 2.24) is 0 Å². The molecule has 0 amide bonds. The Labute approximate surface area is 80.4 Å². The molecule has 1 atom stereocenters. The van der Waals surface area contributed by atoms with Gasteiger partial charge in [0.25, 0.3) is 0 Å². The smallest absolute Gasteiger partial charge is 0.166 e. The second kappa shape index (κ2) is 5.58. The molecular weight excluding hydrogens is 168 g/mol. The average Bonchev–Trinajstić information content (AvgIpc) is 2.15. The Morgan fingerprint density at radius 3 is 2.31 bits per heavy atom. The molecule has 78 valence electrons. The Morgan fingerprint density at radius 2 is 1.85 bits per heavy atom. The topological polar surface area (TPSA) is 27.7 Å². The van der Waals surface area contributed by atoms with E-state index in [1.54, 1.807) is 0 Å². The lowest BCUT2D eigenvalue weighted by atomic mass is 9.94. The van der Waals surface area contributed by atoms with Crippen molar-refractivity contribution in [3.8, 4) is 0 Å². The molecule has 0 aromatic heterocycles. The fourth-order valence-corrected chi connectivity index (χ4v) is 1.66. The van der Waals surface area contributed by atoms with E-state index in [0.717, 1.165) is 12.8 Å². The molecule has 1 rings (SSSR count). The second-order valence-corrected chi connectivity index (χ2v) is 3.94. The van der Waals surface area contributed by atoms with Crippen LogP contribution in [0.5, 0.6) is 0 Å². The average molecular weight is 188 g/mol. The molecule has 1 unspecified atom stereocenters. The Hall–Kier alpha value is -0.120. The molecule has 1 aliphatic heterocycles. The summed E-state index contributed by atoms with van der Waals surface area (Å²) >= 11 is 0. The summed E-state index contributed by atoms with van der Waals surface area (Å²) in [5, 5.41) is 0. The molecule has 0 N–H and O–H groups in total. The zero-order chi connectivity index (χ0) is 9.68. The Kier molecular flexibility index (Phi) is 4.70. The van der Waals surface area contributed by atoms with Crippen LogP contribution in [0.15, 0.2) is 0 Å². The number of rotatable bonds is 4. The van der Waals surface area contributed by atoms with Gasteiger partial charge in [-0.1, -0.05) is 20.8 Å². The van der Waals surface area contributed by atoms with Gasteiger partial charge in [0.1, 0.15) is 0 Å². The molecule has 3 nitrogen and oxygen atoms in total. The van der Waals surface area contributed by atoms with E-state index < -0.39 is 0 Å². The van der Waals surface area contributed by atoms with Gasteiger partial charge in [-0.3, -0.25) is 0 Å². The maximum absolute atomic E-state index is 5.39. The first-order chi connectivity index (χ1) is 6.24. The van der Waals surface area contributed by atoms with Crippen molar-refractivity contribution < 1.29 is 14.2 Å². The van der Waals surface area contributed by atoms with Crippen molar-refractivity contribution in [3.05, 3.63) is 0 Å². The maximum Gasteiger partial charge on any atom is 0.166 e. The minimum Gasteiger partial charge on any atom is -0.329 e. The summed E-state index contributed by atoms with van der Waals surface area (Å²) in [6.45, 7) is 7.37. The quantitative estimate of drug-likeness (QED) is 0.678. The van der Waals surface area contributed by atoms with Crippen LogP contribution in [-0.4, -0.2) is 19.9 Å². The van der Waals surface area contributed by atoms with Gasteiger partial charge in [-0.15, -0.1) is 0 Å². The van der Waals surface area contributed by atoms with Crippen LogP contribution in [0.3, 0.4) is 0 Å². The van der Waals surface area contributed by atoms with E-state index in [1.165, 1.54) is 0 Å². The molecule has 1 heterocycles. The van der Waals surface area contributed by atoms with E-state index in [2.05, 4.69) is 20.8 Å². The van der Waals surface area contributed by atoms with Crippen LogP contribution in [0.1, 0.15) is 33.6 Å². The zero-order valence-electron chi connectivity index (χ0n) is 8.79. The van der Waals surface area contributed by atoms with Gasteiger partial charge in [-0.2, -0.15) is 0 Å². The highest BCUT2D eigenvalue weighted by Gasteiger charge is 2.24. The summed E-state index contributed by atoms with van der Waals surface area (Å²) < 4.78 is 15.7. The van der Waals surface area contributed by atoms with E-state index >= 15 is 0 Å². The van der Waals surface area contributed by atoms with Crippen molar-refractivity contribution in [2.24, 2.45) is 11.8 Å². The first-order valence-corrected chi connectivity index (χ1v) is 5.05. The van der Waals surface area contributed by atoms with E-state index in [0.29, 0.717) is 25.4 Å². The summed E-state index contributed by atoms with van der Waals surface area (Å²) in [7, 11) is 0. The molecule has 0 aliphatic carbocycles. The summed E-state index contributed by atoms with van der Waals surface area (Å²) in [5.41, 5.74) is 0. The third kappa shape index (κ3) is 3.63. The van der Waals surface area contributed by atoms with Crippen LogP contribution >= 0.6 is 0 Å². The van der Waals surface area contributed by atoms with Gasteiger partial charge >= 0.3 is 0 Å². The van der Waals surface area contributed by atoms with Gasteiger partial charge in [0.15, 0.2) is 19.9 Å². The third-order valence-electron chi connectivity index (χ3n) is 2.31. The normalized spacial score (nSPS) is 22.2. The highest BCUT2D eigenvalue weighted by Crippen LogP contribution is 2.23. The monoisotopic (exact) mass is 188 g/mol. The summed E-state index contributed by atoms with van der Waals surface area (Å²) in [5.74, 6) is 1.20. The van der Waals surface area contributed by atoms with Gasteiger partial charge in [-0.05, 0) is 18.8 Å². The summed E-state index contributed by atoms with van der Waals surface area (Å²) in [4.78, 5) is 0. The van der Waals surface area contributed by atoms with Gasteiger partial charge in [0.2, 0.25) is 0 Å². The van der Waals surface area contributed by atoms with E-state index in [9.17, 15) is 0 Å². The minimum absolute atomic E-state index is 0.0545. The Morgan fingerprint density at radius 1 is 1.23 bits per heavy atom. The van der Waals surface area contributed by atoms with E-state index in [-0.39, 0.29) is 6.29 Å². The number of hydrogen-bond acceptors (Lipinski definition) is 3. The van der Waals surface area contributed by atoms with E-state index in [1.807, 2.05) is 0 Å². The molecule has 0 bridgehead atoms. The highest BCUT2D eigenvalue weighted by molar-refractivity contribution is 4.64. The fourth-order valence-electron chi connectivity index (χ4n) is 1.66. The zero-order valence-corrected chi connectivity index (χ0v) is 8.79. The van der Waals surface area contributed by atoms with Crippen molar-refractivity contribution in [2.75, 3.05) is 13.6 Å². The molecule has 0 aromatic rings. The third-order valence-corrected chi connectivity index (χ3v) is 2.31. The van der Waals surface area contributed by atoms with Crippen molar-refractivity contribution in [3.63, 3.8) is 0 Å². The number of ether oxygens (including phenoxy) is 3. The van der Waals surface area contributed by atoms with Gasteiger partial charge in [0, 0.05) is 5.92 Å². The van der Waals surface area contributed by atoms with Crippen LogP contribution in [0, 0.1) is 11.8 Å². The van der Waals surface area contributed by atoms with Crippen molar-refractivity contribution in [2.45, 2.75) is 39.9 Å². The van der Waals surface area contributed by atoms with Crippen LogP contribution in [0.2, 0.25) is 0 Å². The molecule has 0 radical (unpaired) electrons. The molecular formula is C10H20O3. The van der Waals surface area contributed by atoms with Crippen molar-refractivity contribution >= 4 is 0 Å². The molecule has 0 saturated carbocycles. The Balaban J connectivity index is 2.34. The van der Waals surface area contributed by atoms with Crippen LogP contribution in [0.25, 0.3) is 0 Å². The summed E-state index contributed by atoms with van der Waals surface area (Å²) in [6, 6.07) is 0. The molecule has 0 spiro atoms. The first kappa shape index (κ1) is 11.0. The van der Waals surface area contributed by atoms with Gasteiger partial charge < -0.3 is 14.2 Å². The summed E-state index contributed by atoms with van der Waals surface area (Å²) in [6.07, 6.45) is 2.20. The van der Waals surface area contributed by atoms with Crippen LogP contribution in [-0.2, 0) is 14.2 Å². The molecule has 1 saturated heterocycles. The highest BCUT2D eigenvalue weighted by atomic mass is 16.8. The standard InChI is InChI=1S/C10H20O3/c1-4-9(5-8(2)3)10-12-6-11-7-13-10/h8-10H,4-7H2,1-3H3. The minimum atomic E-state index is -0.0545. The van der Waals surface area contributed by atoms with Gasteiger partial charge in [0.05, 0.1) is 0 Å². The Bertz CT molecular complexity index is 130. The van der Waals surface area contributed by atoms with Gasteiger partial charge in [-0.25, -0.2) is 0 Å². The first-order valence-electron chi connectivity index (χ1n) is 5.05. The predicted octanol–water partition coefficient (Wildman–Crippen LogP) is 2.36. The second-order valence-electron chi connectivity index (χ2n) is 3.94. The molecule has 3 heteroatoms. The molecule has 1 fully saturated rings. The van der Waals surface area contributed by atoms with Crippen LogP contribution < -0.4 is 0 Å².